The molecule has 0 saturated heterocycles. The maximum absolute atomic E-state index is 2.12. The molecule has 8 heavy (non-hydrogen) atoms. The second-order valence-corrected chi connectivity index (χ2v) is 1.09. The monoisotopic (exact) mass is 160 g/mol. The number of hydrogen-bond acceptors (Lipinski definition) is 0. The summed E-state index contributed by atoms with van der Waals surface area (Å²) in [6.45, 7) is 0. The molecule has 0 saturated carbocycles. The molecule has 0 aromatic carbocycles. The van der Waals surface area contributed by atoms with Crippen LogP contribution in [0.3, 0.4) is 0 Å². The van der Waals surface area contributed by atoms with E-state index in [0.717, 1.165) is 6.42 Å². The Balaban J connectivity index is -0.0000000833. The zero-order valence-electron chi connectivity index (χ0n) is 4.48. The molecular formula is C5H6Cl2Mg. The van der Waals surface area contributed by atoms with Crippen molar-refractivity contribution in [1.29, 1.82) is 0 Å². The van der Waals surface area contributed by atoms with Crippen molar-refractivity contribution in [3.05, 3.63) is 24.3 Å². The first kappa shape index (κ1) is 15.9. The third kappa shape index (κ3) is 6.83. The molecule has 0 N–H and O–H groups in total. The van der Waals surface area contributed by atoms with E-state index in [2.05, 4.69) is 24.3 Å². The number of allylic oxidation sites excluding steroid dienone is 4. The summed E-state index contributed by atoms with van der Waals surface area (Å²) >= 11 is 0. The molecule has 42 valence electrons. The van der Waals surface area contributed by atoms with Crippen molar-refractivity contribution < 1.29 is 24.8 Å². The van der Waals surface area contributed by atoms with Gasteiger partial charge in [-0.05, 0) is 6.42 Å². The first-order valence-corrected chi connectivity index (χ1v) is 1.82. The van der Waals surface area contributed by atoms with Gasteiger partial charge in [0.25, 0.3) is 0 Å². The number of hydrogen-bond donors (Lipinski definition) is 0. The van der Waals surface area contributed by atoms with E-state index in [4.69, 9.17) is 0 Å². The van der Waals surface area contributed by atoms with Crippen LogP contribution in [0.1, 0.15) is 6.42 Å². The maximum Gasteiger partial charge on any atom is 2.00 e. The van der Waals surface area contributed by atoms with E-state index in [-0.39, 0.29) is 47.9 Å². The predicted molar refractivity (Wildman–Crippen MR) is 28.7 cm³/mol. The average Bonchev–Trinajstić information content (AvgIpc) is 1.76. The molecule has 0 bridgehead atoms. The second-order valence-electron chi connectivity index (χ2n) is 1.09. The van der Waals surface area contributed by atoms with Crippen LogP contribution in [-0.4, -0.2) is 23.1 Å². The van der Waals surface area contributed by atoms with E-state index in [1.54, 1.807) is 0 Å². The summed E-state index contributed by atoms with van der Waals surface area (Å²) in [5.41, 5.74) is 0. The van der Waals surface area contributed by atoms with Crippen molar-refractivity contribution >= 4 is 23.1 Å². The van der Waals surface area contributed by atoms with Crippen molar-refractivity contribution in [2.75, 3.05) is 0 Å². The Morgan fingerprint density at radius 1 is 0.875 bits per heavy atom. The van der Waals surface area contributed by atoms with E-state index in [9.17, 15) is 0 Å². The van der Waals surface area contributed by atoms with Crippen molar-refractivity contribution in [2.24, 2.45) is 0 Å². The van der Waals surface area contributed by atoms with Crippen LogP contribution >= 0.6 is 0 Å². The van der Waals surface area contributed by atoms with Gasteiger partial charge in [0, 0.05) is 0 Å². The Kier molecular flexibility index (Phi) is 21.4. The van der Waals surface area contributed by atoms with Crippen molar-refractivity contribution in [2.45, 2.75) is 6.42 Å². The molecule has 0 nitrogen and oxygen atoms in total. The smallest absolute Gasteiger partial charge is 1.00 e. The number of halogens is 2. The van der Waals surface area contributed by atoms with E-state index < -0.39 is 0 Å². The summed E-state index contributed by atoms with van der Waals surface area (Å²) < 4.78 is 0. The molecular weight excluding hydrogens is 155 g/mol. The second kappa shape index (κ2) is 10.7. The van der Waals surface area contributed by atoms with Gasteiger partial charge in [0.05, 0.1) is 0 Å². The van der Waals surface area contributed by atoms with Crippen LogP contribution in [0.4, 0.5) is 0 Å². The van der Waals surface area contributed by atoms with Gasteiger partial charge >= 0.3 is 23.1 Å². The third-order valence-electron chi connectivity index (χ3n) is 0.655. The minimum Gasteiger partial charge on any atom is -1.00 e. The van der Waals surface area contributed by atoms with Gasteiger partial charge in [0.1, 0.15) is 0 Å². The molecule has 0 spiro atoms. The first-order chi connectivity index (χ1) is 2.50. The van der Waals surface area contributed by atoms with Crippen molar-refractivity contribution in [1.82, 2.24) is 0 Å². The molecule has 3 heteroatoms. The molecule has 0 unspecified atom stereocenters. The van der Waals surface area contributed by atoms with Gasteiger partial charge in [-0.2, -0.15) is 0 Å². The van der Waals surface area contributed by atoms with Gasteiger partial charge < -0.3 is 24.8 Å². The number of rotatable bonds is 0. The Labute approximate surface area is 78.4 Å². The first-order valence-electron chi connectivity index (χ1n) is 1.82. The molecule has 0 fully saturated rings. The fourth-order valence-electron chi connectivity index (χ4n) is 0.393. The Hall–Kier alpha value is 0.826. The largest absolute Gasteiger partial charge is 2.00 e. The molecule has 0 aromatic heterocycles. The molecule has 0 aliphatic heterocycles. The summed E-state index contributed by atoms with van der Waals surface area (Å²) in [5.74, 6) is 0. The summed E-state index contributed by atoms with van der Waals surface area (Å²) in [6, 6.07) is 0. The normalized spacial score (nSPS) is 11.0. The summed E-state index contributed by atoms with van der Waals surface area (Å²) in [7, 11) is 0. The Bertz CT molecular complexity index is 68.5. The van der Waals surface area contributed by atoms with Crippen LogP contribution in [-0.2, 0) is 0 Å². The topological polar surface area (TPSA) is 0 Å². The fraction of sp³-hybridized carbons (Fsp3) is 0.200. The van der Waals surface area contributed by atoms with Gasteiger partial charge in [-0.25, -0.2) is 0 Å². The third-order valence-corrected chi connectivity index (χ3v) is 0.655. The molecule has 0 aromatic rings. The molecule has 0 radical (unpaired) electrons. The maximum atomic E-state index is 2.12. The Morgan fingerprint density at radius 2 is 1.25 bits per heavy atom. The van der Waals surface area contributed by atoms with Crippen LogP contribution < -0.4 is 24.8 Å². The van der Waals surface area contributed by atoms with Crippen LogP contribution in [0, 0.1) is 0 Å². The average molecular weight is 161 g/mol. The summed E-state index contributed by atoms with van der Waals surface area (Å²) in [6.07, 6.45) is 9.50. The van der Waals surface area contributed by atoms with Crippen LogP contribution in [0.25, 0.3) is 0 Å². The van der Waals surface area contributed by atoms with Gasteiger partial charge in [-0.1, -0.05) is 24.3 Å². The standard InChI is InChI=1S/C5H6.2ClH.Mg/c1-2-4-5-3-1;;;/h1-4H,5H2;2*1H;/q;;;+2/p-2. The summed E-state index contributed by atoms with van der Waals surface area (Å²) in [4.78, 5) is 0. The van der Waals surface area contributed by atoms with Crippen molar-refractivity contribution in [3.63, 3.8) is 0 Å². The molecule has 1 aliphatic carbocycles. The van der Waals surface area contributed by atoms with E-state index >= 15 is 0 Å². The quantitative estimate of drug-likeness (QED) is 0.313. The molecule has 1 aliphatic rings. The van der Waals surface area contributed by atoms with E-state index in [1.165, 1.54) is 0 Å². The van der Waals surface area contributed by atoms with E-state index in [0.29, 0.717) is 0 Å². The van der Waals surface area contributed by atoms with Crippen LogP contribution in [0.2, 0.25) is 0 Å². The SMILES string of the molecule is C1=CCC=C1.[Cl-].[Cl-].[Mg+2]. The van der Waals surface area contributed by atoms with Crippen molar-refractivity contribution in [3.8, 4) is 0 Å². The Morgan fingerprint density at radius 3 is 1.38 bits per heavy atom. The van der Waals surface area contributed by atoms with Crippen LogP contribution in [0.5, 0.6) is 0 Å². The predicted octanol–water partition coefficient (Wildman–Crippen LogP) is -4.87. The minimum atomic E-state index is 0. The zero-order chi connectivity index (χ0) is 3.54. The minimum absolute atomic E-state index is 0. The zero-order valence-corrected chi connectivity index (χ0v) is 7.41. The van der Waals surface area contributed by atoms with E-state index in [1.807, 2.05) is 0 Å². The molecule has 0 heterocycles. The van der Waals surface area contributed by atoms with Gasteiger partial charge in [0.15, 0.2) is 0 Å². The fourth-order valence-corrected chi connectivity index (χ4v) is 0.393. The van der Waals surface area contributed by atoms with Crippen LogP contribution in [0.15, 0.2) is 24.3 Å². The van der Waals surface area contributed by atoms with Gasteiger partial charge in [-0.3, -0.25) is 0 Å². The van der Waals surface area contributed by atoms with Gasteiger partial charge in [0.2, 0.25) is 0 Å². The summed E-state index contributed by atoms with van der Waals surface area (Å²) in [5, 5.41) is 0. The molecule has 0 atom stereocenters. The van der Waals surface area contributed by atoms with Gasteiger partial charge in [-0.15, -0.1) is 0 Å². The molecule has 1 rings (SSSR count). The molecule has 0 amide bonds.